The molecule has 26 heavy (non-hydrogen) atoms. The van der Waals surface area contributed by atoms with Gasteiger partial charge in [0.05, 0.1) is 17.8 Å². The van der Waals surface area contributed by atoms with E-state index in [-0.39, 0.29) is 5.75 Å². The third-order valence-electron chi connectivity index (χ3n) is 4.05. The van der Waals surface area contributed by atoms with Gasteiger partial charge in [-0.05, 0) is 41.0 Å². The van der Waals surface area contributed by atoms with Crippen LogP contribution >= 0.6 is 0 Å². The predicted molar refractivity (Wildman–Crippen MR) is 106 cm³/mol. The first kappa shape index (κ1) is 18.0. The van der Waals surface area contributed by atoms with Crippen molar-refractivity contribution in [1.82, 2.24) is 0 Å². The lowest BCUT2D eigenvalue weighted by Gasteiger charge is -2.10. The molecule has 0 amide bonds. The first-order valence-electron chi connectivity index (χ1n) is 8.26. The van der Waals surface area contributed by atoms with Gasteiger partial charge in [0.25, 0.3) is 0 Å². The molecule has 0 atom stereocenters. The highest BCUT2D eigenvalue weighted by Crippen LogP contribution is 2.24. The van der Waals surface area contributed by atoms with Crippen LogP contribution in [-0.4, -0.2) is 21.3 Å². The number of sulfone groups is 1. The van der Waals surface area contributed by atoms with E-state index in [0.717, 1.165) is 22.4 Å². The van der Waals surface area contributed by atoms with Crippen LogP contribution < -0.4 is 4.74 Å². The molecule has 0 saturated carbocycles. The van der Waals surface area contributed by atoms with Gasteiger partial charge in [-0.3, -0.25) is 0 Å². The Kier molecular flexibility index (Phi) is 5.54. The van der Waals surface area contributed by atoms with Gasteiger partial charge in [-0.1, -0.05) is 66.7 Å². The average Bonchev–Trinajstić information content (AvgIpc) is 2.69. The Balaban J connectivity index is 2.00. The minimum absolute atomic E-state index is 0.0624. The van der Waals surface area contributed by atoms with Crippen molar-refractivity contribution in [3.05, 3.63) is 96.1 Å². The van der Waals surface area contributed by atoms with Crippen LogP contribution in [0.15, 0.2) is 89.8 Å². The third-order valence-corrected chi connectivity index (χ3v) is 5.73. The lowest BCUT2D eigenvalue weighted by molar-refractivity contribution is 0.415. The summed E-state index contributed by atoms with van der Waals surface area (Å²) in [5, 5.41) is 0. The molecular formula is C22H20O3S. The first-order valence-corrected chi connectivity index (χ1v) is 9.91. The first-order chi connectivity index (χ1) is 12.6. The fraction of sp³-hybridized carbons (Fsp3) is 0.0909. The molecule has 3 aromatic rings. The van der Waals surface area contributed by atoms with Crippen molar-refractivity contribution in [2.75, 3.05) is 12.9 Å². The third kappa shape index (κ3) is 4.41. The number of rotatable bonds is 6. The van der Waals surface area contributed by atoms with Gasteiger partial charge in [-0.15, -0.1) is 0 Å². The minimum Gasteiger partial charge on any atom is -0.497 e. The van der Waals surface area contributed by atoms with Crippen LogP contribution in [0.2, 0.25) is 0 Å². The number of hydrogen-bond donors (Lipinski definition) is 0. The van der Waals surface area contributed by atoms with Crippen LogP contribution in [0.1, 0.15) is 11.1 Å². The standard InChI is InChI=1S/C22H20O3S/c1-25-21-14-12-18(13-15-21)16-20(19-8-4-2-5-9-19)17-26(23,24)22-10-6-3-7-11-22/h2-16H,17H2,1H3/b20-16+. The molecule has 4 heteroatoms. The molecule has 0 aliphatic rings. The van der Waals surface area contributed by atoms with Crippen LogP contribution in [-0.2, 0) is 9.84 Å². The topological polar surface area (TPSA) is 43.4 Å². The Morgan fingerprint density at radius 1 is 0.846 bits per heavy atom. The lowest BCUT2D eigenvalue weighted by atomic mass is 10.0. The maximum atomic E-state index is 12.8. The van der Waals surface area contributed by atoms with Gasteiger partial charge in [0, 0.05) is 0 Å². The number of ether oxygens (including phenoxy) is 1. The van der Waals surface area contributed by atoms with Crippen molar-refractivity contribution in [1.29, 1.82) is 0 Å². The zero-order valence-corrected chi connectivity index (χ0v) is 15.3. The van der Waals surface area contributed by atoms with E-state index in [4.69, 9.17) is 4.74 Å². The van der Waals surface area contributed by atoms with E-state index in [1.165, 1.54) is 0 Å². The van der Waals surface area contributed by atoms with Gasteiger partial charge in [-0.2, -0.15) is 0 Å². The average molecular weight is 364 g/mol. The molecule has 0 bridgehead atoms. The number of hydrogen-bond acceptors (Lipinski definition) is 3. The summed E-state index contributed by atoms with van der Waals surface area (Å²) in [4.78, 5) is 0.330. The highest BCUT2D eigenvalue weighted by molar-refractivity contribution is 7.91. The quantitative estimate of drug-likeness (QED) is 0.595. The van der Waals surface area contributed by atoms with Gasteiger partial charge in [-0.25, -0.2) is 8.42 Å². The van der Waals surface area contributed by atoms with Crippen molar-refractivity contribution in [3.63, 3.8) is 0 Å². The molecular weight excluding hydrogens is 344 g/mol. The minimum atomic E-state index is -3.43. The van der Waals surface area contributed by atoms with Crippen molar-refractivity contribution in [2.45, 2.75) is 4.90 Å². The van der Waals surface area contributed by atoms with Gasteiger partial charge in [0.2, 0.25) is 0 Å². The lowest BCUT2D eigenvalue weighted by Crippen LogP contribution is -2.08. The van der Waals surface area contributed by atoms with Crippen molar-refractivity contribution >= 4 is 21.5 Å². The fourth-order valence-electron chi connectivity index (χ4n) is 2.68. The largest absolute Gasteiger partial charge is 0.497 e. The Morgan fingerprint density at radius 3 is 2.00 bits per heavy atom. The van der Waals surface area contributed by atoms with Crippen LogP contribution in [0.5, 0.6) is 5.75 Å². The second kappa shape index (κ2) is 8.02. The smallest absolute Gasteiger partial charge is 0.182 e. The van der Waals surface area contributed by atoms with Gasteiger partial charge in [0.1, 0.15) is 5.75 Å². The van der Waals surface area contributed by atoms with Gasteiger partial charge >= 0.3 is 0 Å². The van der Waals surface area contributed by atoms with Crippen LogP contribution in [0.4, 0.5) is 0 Å². The molecule has 0 aromatic heterocycles. The van der Waals surface area contributed by atoms with Gasteiger partial charge < -0.3 is 4.74 Å². The molecule has 0 fully saturated rings. The molecule has 0 aliphatic heterocycles. The van der Waals surface area contributed by atoms with E-state index in [0.29, 0.717) is 4.90 Å². The molecule has 3 aromatic carbocycles. The van der Waals surface area contributed by atoms with E-state index in [2.05, 4.69) is 0 Å². The number of methoxy groups -OCH3 is 1. The van der Waals surface area contributed by atoms with Gasteiger partial charge in [0.15, 0.2) is 9.84 Å². The molecule has 0 N–H and O–H groups in total. The molecule has 0 saturated heterocycles. The Bertz CT molecular complexity index is 975. The summed E-state index contributed by atoms with van der Waals surface area (Å²) >= 11 is 0. The van der Waals surface area contributed by atoms with Crippen LogP contribution in [0.3, 0.4) is 0 Å². The van der Waals surface area contributed by atoms with Crippen molar-refractivity contribution in [2.24, 2.45) is 0 Å². The highest BCUT2D eigenvalue weighted by Gasteiger charge is 2.17. The monoisotopic (exact) mass is 364 g/mol. The molecule has 0 radical (unpaired) electrons. The molecule has 132 valence electrons. The summed E-state index contributed by atoms with van der Waals surface area (Å²) < 4.78 is 30.9. The summed E-state index contributed by atoms with van der Waals surface area (Å²) in [6, 6.07) is 25.7. The second-order valence-electron chi connectivity index (χ2n) is 5.88. The van der Waals surface area contributed by atoms with Crippen molar-refractivity contribution < 1.29 is 13.2 Å². The number of benzene rings is 3. The molecule has 3 nitrogen and oxygen atoms in total. The van der Waals surface area contributed by atoms with E-state index >= 15 is 0 Å². The summed E-state index contributed by atoms with van der Waals surface area (Å²) in [5.41, 5.74) is 2.57. The summed E-state index contributed by atoms with van der Waals surface area (Å²) in [6.45, 7) is 0. The normalized spacial score (nSPS) is 12.0. The summed E-state index contributed by atoms with van der Waals surface area (Å²) in [5.74, 6) is 0.702. The zero-order valence-electron chi connectivity index (χ0n) is 14.5. The van der Waals surface area contributed by atoms with E-state index in [1.54, 1.807) is 31.4 Å². The SMILES string of the molecule is COc1ccc(/C=C(\CS(=O)(=O)c2ccccc2)c2ccccc2)cc1. The maximum absolute atomic E-state index is 12.8. The highest BCUT2D eigenvalue weighted by atomic mass is 32.2. The fourth-order valence-corrected chi connectivity index (χ4v) is 4.08. The predicted octanol–water partition coefficient (Wildman–Crippen LogP) is 4.71. The maximum Gasteiger partial charge on any atom is 0.182 e. The Morgan fingerprint density at radius 2 is 1.42 bits per heavy atom. The molecule has 0 spiro atoms. The summed E-state index contributed by atoms with van der Waals surface area (Å²) in [6.07, 6.45) is 1.91. The molecule has 3 rings (SSSR count). The van der Waals surface area contributed by atoms with Crippen molar-refractivity contribution in [3.8, 4) is 5.75 Å². The summed E-state index contributed by atoms with van der Waals surface area (Å²) in [7, 11) is -1.82. The van der Waals surface area contributed by atoms with Crippen LogP contribution in [0, 0.1) is 0 Å². The molecule has 0 unspecified atom stereocenters. The molecule has 0 heterocycles. The van der Waals surface area contributed by atoms with E-state index < -0.39 is 9.84 Å². The van der Waals surface area contributed by atoms with E-state index in [1.807, 2.05) is 66.7 Å². The molecule has 0 aliphatic carbocycles. The van der Waals surface area contributed by atoms with E-state index in [9.17, 15) is 8.42 Å². The van der Waals surface area contributed by atoms with Crippen LogP contribution in [0.25, 0.3) is 11.6 Å². The Labute approximate surface area is 154 Å². The zero-order chi connectivity index (χ0) is 18.4. The Hall–Kier alpha value is -2.85. The second-order valence-corrected chi connectivity index (χ2v) is 7.87.